The summed E-state index contributed by atoms with van der Waals surface area (Å²) < 4.78 is 0. The Hall–Kier alpha value is -3.33. The molecule has 0 saturated carbocycles. The van der Waals surface area contributed by atoms with Crippen molar-refractivity contribution in [1.82, 2.24) is 0 Å². The quantitative estimate of drug-likeness (QED) is 0.270. The van der Waals surface area contributed by atoms with Gasteiger partial charge in [-0.2, -0.15) is 0 Å². The Balaban J connectivity index is 2.04. The van der Waals surface area contributed by atoms with E-state index >= 15 is 0 Å². The van der Waals surface area contributed by atoms with Gasteiger partial charge in [0.05, 0.1) is 0 Å². The van der Waals surface area contributed by atoms with Crippen LogP contribution in [0.3, 0.4) is 0 Å². The third-order valence-corrected chi connectivity index (χ3v) is 11.2. The first-order valence-corrected chi connectivity index (χ1v) is 12.3. The van der Waals surface area contributed by atoms with E-state index in [0.29, 0.717) is 0 Å². The second-order valence-electron chi connectivity index (χ2n) is 7.49. The summed E-state index contributed by atoms with van der Waals surface area (Å²) in [5, 5.41) is 25.5. The number of aliphatic hydroxyl groups is 1. The predicted molar refractivity (Wildman–Crippen MR) is 129 cm³/mol. The molecule has 4 aromatic rings. The van der Waals surface area contributed by atoms with Gasteiger partial charge in [0, 0.05) is 0 Å². The molecule has 156 valence electrons. The number of hydrogen-bond acceptors (Lipinski definition) is 3. The number of rotatable bonds is 7. The van der Waals surface area contributed by atoms with Gasteiger partial charge in [-0.3, -0.25) is 0 Å². The third-order valence-electron chi connectivity index (χ3n) is 5.90. The van der Waals surface area contributed by atoms with Gasteiger partial charge in [0.1, 0.15) is 0 Å². The average Bonchev–Trinajstić information content (AvgIpc) is 2.84. The van der Waals surface area contributed by atoms with E-state index in [4.69, 9.17) is 0 Å². The summed E-state index contributed by atoms with van der Waals surface area (Å²) in [6.45, 7) is -0.0667. The van der Waals surface area contributed by atoms with E-state index in [-0.39, 0.29) is 18.0 Å². The van der Waals surface area contributed by atoms with Crippen molar-refractivity contribution in [2.75, 3.05) is 6.61 Å². The molecule has 0 aliphatic rings. The van der Waals surface area contributed by atoms with Crippen molar-refractivity contribution in [3.63, 3.8) is 0 Å². The topological polar surface area (TPSA) is 63.4 Å². The van der Waals surface area contributed by atoms with E-state index in [9.17, 15) is 15.2 Å². The fourth-order valence-electron chi connectivity index (χ4n) is 4.53. The molecule has 0 aliphatic carbocycles. The molecule has 0 aliphatic heterocycles. The molecule has 1 N–H and O–H groups in total. The molecular formula is C26H24NO3P. The van der Waals surface area contributed by atoms with Gasteiger partial charge < -0.3 is 0 Å². The van der Waals surface area contributed by atoms with E-state index in [1.54, 1.807) is 12.1 Å². The van der Waals surface area contributed by atoms with Crippen molar-refractivity contribution < 1.29 is 10.0 Å². The van der Waals surface area contributed by atoms with Crippen LogP contribution in [0.25, 0.3) is 0 Å². The van der Waals surface area contributed by atoms with Gasteiger partial charge >= 0.3 is 182 Å². The number of aliphatic hydroxyl groups excluding tert-OH is 1. The van der Waals surface area contributed by atoms with Crippen LogP contribution in [-0.4, -0.2) is 16.6 Å². The average molecular weight is 429 g/mol. The van der Waals surface area contributed by atoms with Gasteiger partial charge in [0.15, 0.2) is 0 Å². The minimum absolute atomic E-state index is 0.0480. The van der Waals surface area contributed by atoms with Gasteiger partial charge in [0.25, 0.3) is 0 Å². The Kier molecular flexibility index (Phi) is 6.22. The Bertz CT molecular complexity index is 1040. The summed E-state index contributed by atoms with van der Waals surface area (Å²) in [6.07, 6.45) is 0. The summed E-state index contributed by atoms with van der Waals surface area (Å²) in [6, 6.07) is 37.7. The van der Waals surface area contributed by atoms with Crippen LogP contribution in [0.15, 0.2) is 115 Å². The molecule has 0 aromatic heterocycles. The predicted octanol–water partition coefficient (Wildman–Crippen LogP) is 4.35. The van der Waals surface area contributed by atoms with Gasteiger partial charge in [-0.05, 0) is 0 Å². The fourth-order valence-corrected chi connectivity index (χ4v) is 9.86. The molecule has 1 unspecified atom stereocenters. The number of hydrogen-bond donors (Lipinski definition) is 1. The maximum absolute atomic E-state index is 11.2. The molecule has 1 atom stereocenters. The maximum atomic E-state index is 11.2. The number of nitro groups is 1. The van der Waals surface area contributed by atoms with Crippen LogP contribution in [0.1, 0.15) is 11.2 Å². The first-order valence-electron chi connectivity index (χ1n) is 10.2. The second kappa shape index (κ2) is 9.22. The Morgan fingerprint density at radius 3 is 1.39 bits per heavy atom. The summed E-state index contributed by atoms with van der Waals surface area (Å²) in [7, 11) is -2.76. The van der Waals surface area contributed by atoms with Crippen molar-refractivity contribution in [3.05, 3.63) is 131 Å². The zero-order valence-electron chi connectivity index (χ0n) is 17.0. The van der Waals surface area contributed by atoms with Crippen molar-refractivity contribution in [2.45, 2.75) is 5.66 Å². The number of nitro benzene ring substituents is 1. The molecule has 0 fully saturated rings. The normalized spacial score (nSPS) is 12.8. The third kappa shape index (κ3) is 3.88. The zero-order chi connectivity index (χ0) is 21.7. The molecule has 0 bridgehead atoms. The summed E-state index contributed by atoms with van der Waals surface area (Å²) >= 11 is 0. The summed E-state index contributed by atoms with van der Waals surface area (Å²) in [5.74, 6) is 0. The van der Waals surface area contributed by atoms with Crippen LogP contribution in [0.5, 0.6) is 0 Å². The zero-order valence-corrected chi connectivity index (χ0v) is 18.0. The molecule has 0 saturated heterocycles. The minimum atomic E-state index is -2.76. The van der Waals surface area contributed by atoms with E-state index in [0.717, 1.165) is 5.56 Å². The fraction of sp³-hybridized carbons (Fsp3) is 0.0769. The summed E-state index contributed by atoms with van der Waals surface area (Å²) in [4.78, 5) is 10.8. The van der Waals surface area contributed by atoms with Crippen LogP contribution in [0.2, 0.25) is 0 Å². The number of non-ortho nitro benzene ring substituents is 1. The van der Waals surface area contributed by atoms with E-state index in [2.05, 4.69) is 36.4 Å². The van der Waals surface area contributed by atoms with E-state index < -0.39 is 12.2 Å². The van der Waals surface area contributed by atoms with Gasteiger partial charge in [0.2, 0.25) is 0 Å². The van der Waals surface area contributed by atoms with Crippen LogP contribution in [0, 0.1) is 10.1 Å². The molecule has 0 spiro atoms. The van der Waals surface area contributed by atoms with Gasteiger partial charge in [-0.1, -0.05) is 0 Å². The molecule has 4 aromatic carbocycles. The van der Waals surface area contributed by atoms with Gasteiger partial charge in [-0.25, -0.2) is 0 Å². The monoisotopic (exact) mass is 429 g/mol. The second-order valence-corrected chi connectivity index (χ2v) is 11.5. The Labute approximate surface area is 182 Å². The van der Waals surface area contributed by atoms with Crippen molar-refractivity contribution in [2.24, 2.45) is 0 Å². The standard InChI is InChI=1S/C26H24NO3P/c28-20-26(21-16-18-22(19-17-21)27(29)30)31(23-10-4-1-5-11-23,24-12-6-2-7-13-24)25-14-8-3-9-15-25/h1-19,26,28,31H,20H2. The molecule has 4 nitrogen and oxygen atoms in total. The summed E-state index contributed by atoms with van der Waals surface area (Å²) in [5.41, 5.74) is 0.726. The van der Waals surface area contributed by atoms with E-state index in [1.165, 1.54) is 28.0 Å². The van der Waals surface area contributed by atoms with Crippen molar-refractivity contribution >= 4 is 28.9 Å². The van der Waals surface area contributed by atoms with Crippen LogP contribution >= 0.6 is 7.26 Å². The van der Waals surface area contributed by atoms with Crippen LogP contribution in [-0.2, 0) is 0 Å². The SMILES string of the molecule is O=[N+]([O-])c1ccc(C(CO)[PH](c2ccccc2)(c2ccccc2)c2ccccc2)cc1. The van der Waals surface area contributed by atoms with Crippen LogP contribution in [0.4, 0.5) is 5.69 Å². The number of benzene rings is 4. The molecule has 4 rings (SSSR count). The molecule has 31 heavy (non-hydrogen) atoms. The van der Waals surface area contributed by atoms with Crippen molar-refractivity contribution in [1.29, 1.82) is 0 Å². The molecule has 0 radical (unpaired) electrons. The van der Waals surface area contributed by atoms with Crippen molar-refractivity contribution in [3.8, 4) is 0 Å². The number of nitrogens with zero attached hydrogens (tertiary/aromatic N) is 1. The molecule has 0 heterocycles. The van der Waals surface area contributed by atoms with Crippen LogP contribution < -0.4 is 15.9 Å². The molecular weight excluding hydrogens is 405 g/mol. The Morgan fingerprint density at radius 1 is 0.677 bits per heavy atom. The molecule has 5 heteroatoms. The Morgan fingerprint density at radius 2 is 1.06 bits per heavy atom. The van der Waals surface area contributed by atoms with Gasteiger partial charge in [-0.15, -0.1) is 0 Å². The molecule has 0 amide bonds. The first-order chi connectivity index (χ1) is 15.2. The van der Waals surface area contributed by atoms with E-state index in [1.807, 2.05) is 54.6 Å². The first kappa shape index (κ1) is 20.9.